The van der Waals surface area contributed by atoms with Crippen LogP contribution in [-0.2, 0) is 11.2 Å². The molecule has 0 unspecified atom stereocenters. The number of nitrogens with one attached hydrogen (secondary N) is 1. The number of aryl methyl sites for hydroxylation is 2. The van der Waals surface area contributed by atoms with Crippen molar-refractivity contribution in [2.75, 3.05) is 0 Å². The molecule has 2 aromatic rings. The average molecular weight is 284 g/mol. The average Bonchev–Trinajstić information content (AvgIpc) is 3.28. The molecular formula is C17H20N2O2. The van der Waals surface area contributed by atoms with Gasteiger partial charge in [0.1, 0.15) is 5.76 Å². The van der Waals surface area contributed by atoms with Crippen LogP contribution in [0.1, 0.15) is 41.5 Å². The van der Waals surface area contributed by atoms with Crippen LogP contribution in [0.3, 0.4) is 0 Å². The molecule has 0 saturated heterocycles. The highest BCUT2D eigenvalue weighted by atomic mass is 16.5. The maximum atomic E-state index is 12.4. The van der Waals surface area contributed by atoms with Crippen molar-refractivity contribution >= 4 is 5.91 Å². The van der Waals surface area contributed by atoms with Crippen LogP contribution in [-0.4, -0.2) is 11.1 Å². The van der Waals surface area contributed by atoms with Crippen LogP contribution in [0, 0.1) is 19.8 Å². The number of rotatable bonds is 5. The van der Waals surface area contributed by atoms with Gasteiger partial charge < -0.3 is 9.84 Å². The summed E-state index contributed by atoms with van der Waals surface area (Å²) >= 11 is 0. The lowest BCUT2D eigenvalue weighted by atomic mass is 10.0. The number of hydrogen-bond acceptors (Lipinski definition) is 3. The molecule has 1 aliphatic rings. The molecule has 3 rings (SSSR count). The Morgan fingerprint density at radius 2 is 2.05 bits per heavy atom. The topological polar surface area (TPSA) is 55.1 Å². The fourth-order valence-corrected chi connectivity index (χ4v) is 2.70. The highest BCUT2D eigenvalue weighted by molar-refractivity contribution is 5.79. The van der Waals surface area contributed by atoms with E-state index in [0.29, 0.717) is 12.3 Å². The molecule has 0 radical (unpaired) electrons. The van der Waals surface area contributed by atoms with E-state index in [-0.39, 0.29) is 11.9 Å². The van der Waals surface area contributed by atoms with E-state index in [0.717, 1.165) is 17.0 Å². The molecule has 110 valence electrons. The fraction of sp³-hybridized carbons (Fsp3) is 0.412. The molecule has 0 bridgehead atoms. The quantitative estimate of drug-likeness (QED) is 0.918. The summed E-state index contributed by atoms with van der Waals surface area (Å²) < 4.78 is 5.12. The van der Waals surface area contributed by atoms with Gasteiger partial charge in [-0.3, -0.25) is 4.79 Å². The lowest BCUT2D eigenvalue weighted by Gasteiger charge is -2.18. The van der Waals surface area contributed by atoms with Gasteiger partial charge in [0.15, 0.2) is 0 Å². The first-order valence-corrected chi connectivity index (χ1v) is 7.41. The third-order valence-electron chi connectivity index (χ3n) is 4.09. The van der Waals surface area contributed by atoms with Gasteiger partial charge in [0, 0.05) is 5.56 Å². The molecule has 1 aliphatic carbocycles. The number of amides is 1. The Morgan fingerprint density at radius 3 is 2.62 bits per heavy atom. The van der Waals surface area contributed by atoms with Crippen molar-refractivity contribution in [1.29, 1.82) is 0 Å². The minimum absolute atomic E-state index is 0.0325. The van der Waals surface area contributed by atoms with E-state index in [1.165, 1.54) is 18.4 Å². The second-order valence-corrected chi connectivity index (χ2v) is 5.77. The molecule has 1 N–H and O–H groups in total. The highest BCUT2D eigenvalue weighted by Crippen LogP contribution is 2.40. The zero-order valence-corrected chi connectivity index (χ0v) is 12.4. The number of benzene rings is 1. The van der Waals surface area contributed by atoms with Crippen LogP contribution in [0.15, 0.2) is 34.9 Å². The zero-order chi connectivity index (χ0) is 14.8. The number of carbonyl (C=O) groups is 1. The smallest absolute Gasteiger partial charge is 0.225 e. The summed E-state index contributed by atoms with van der Waals surface area (Å²) in [7, 11) is 0. The summed E-state index contributed by atoms with van der Waals surface area (Å²) in [5.74, 6) is 1.33. The van der Waals surface area contributed by atoms with Crippen molar-refractivity contribution in [3.63, 3.8) is 0 Å². The fourth-order valence-electron chi connectivity index (χ4n) is 2.70. The number of nitrogens with zero attached hydrogens (tertiary/aromatic N) is 1. The standard InChI is InChI=1S/C17H20N2O2/c1-11-15(12(2)21-19-11)10-16(20)18-17(14-8-9-14)13-6-4-3-5-7-13/h3-7,14,17H,8-10H2,1-2H3,(H,18,20)/t17-/m0/s1. The van der Waals surface area contributed by atoms with Gasteiger partial charge in [-0.2, -0.15) is 0 Å². The van der Waals surface area contributed by atoms with Gasteiger partial charge in [-0.05, 0) is 38.2 Å². The molecule has 1 amide bonds. The van der Waals surface area contributed by atoms with Crippen molar-refractivity contribution in [2.45, 2.75) is 39.2 Å². The minimum Gasteiger partial charge on any atom is -0.361 e. The Hall–Kier alpha value is -2.10. The van der Waals surface area contributed by atoms with E-state index in [1.807, 2.05) is 32.0 Å². The van der Waals surface area contributed by atoms with Gasteiger partial charge >= 0.3 is 0 Å². The molecule has 1 saturated carbocycles. The van der Waals surface area contributed by atoms with Gasteiger partial charge in [-0.25, -0.2) is 0 Å². The molecule has 1 atom stereocenters. The van der Waals surface area contributed by atoms with Crippen molar-refractivity contribution < 1.29 is 9.32 Å². The lowest BCUT2D eigenvalue weighted by molar-refractivity contribution is -0.121. The molecule has 0 aliphatic heterocycles. The predicted molar refractivity (Wildman–Crippen MR) is 79.7 cm³/mol. The second kappa shape index (κ2) is 5.72. The largest absolute Gasteiger partial charge is 0.361 e. The number of carbonyl (C=O) groups excluding carboxylic acids is 1. The third-order valence-corrected chi connectivity index (χ3v) is 4.09. The lowest BCUT2D eigenvalue weighted by Crippen LogP contribution is -2.31. The van der Waals surface area contributed by atoms with E-state index < -0.39 is 0 Å². The summed E-state index contributed by atoms with van der Waals surface area (Å²) in [5, 5.41) is 7.08. The molecular weight excluding hydrogens is 264 g/mol. The predicted octanol–water partition coefficient (Wildman–Crippen LogP) is 3.10. The highest BCUT2D eigenvalue weighted by Gasteiger charge is 2.33. The molecule has 4 nitrogen and oxygen atoms in total. The van der Waals surface area contributed by atoms with Gasteiger partial charge in [0.05, 0.1) is 18.2 Å². The maximum absolute atomic E-state index is 12.4. The summed E-state index contributed by atoms with van der Waals surface area (Å²) in [4.78, 5) is 12.4. The molecule has 0 spiro atoms. The van der Waals surface area contributed by atoms with Gasteiger partial charge in [0.25, 0.3) is 0 Å². The zero-order valence-electron chi connectivity index (χ0n) is 12.4. The molecule has 4 heteroatoms. The Bertz CT molecular complexity index is 610. The number of aromatic nitrogens is 1. The monoisotopic (exact) mass is 284 g/mol. The van der Waals surface area contributed by atoms with Gasteiger partial charge in [-0.15, -0.1) is 0 Å². The van der Waals surface area contributed by atoms with Crippen LogP contribution in [0.5, 0.6) is 0 Å². The van der Waals surface area contributed by atoms with Gasteiger partial charge in [0.2, 0.25) is 5.91 Å². The Balaban J connectivity index is 1.70. The SMILES string of the molecule is Cc1noc(C)c1CC(=O)N[C@@H](c1ccccc1)C1CC1. The van der Waals surface area contributed by atoms with Crippen molar-refractivity contribution in [3.05, 3.63) is 52.9 Å². The van der Waals surface area contributed by atoms with Crippen molar-refractivity contribution in [1.82, 2.24) is 10.5 Å². The van der Waals surface area contributed by atoms with Crippen LogP contribution in [0.4, 0.5) is 0 Å². The Labute approximate surface area is 124 Å². The molecule has 1 aromatic carbocycles. The molecule has 1 fully saturated rings. The van der Waals surface area contributed by atoms with Crippen molar-refractivity contribution in [2.24, 2.45) is 5.92 Å². The first kappa shape index (κ1) is 13.9. The maximum Gasteiger partial charge on any atom is 0.225 e. The minimum atomic E-state index is 0.0325. The number of hydrogen-bond donors (Lipinski definition) is 1. The van der Waals surface area contributed by atoms with Crippen LogP contribution in [0.25, 0.3) is 0 Å². The van der Waals surface area contributed by atoms with E-state index in [2.05, 4.69) is 22.6 Å². The first-order valence-electron chi connectivity index (χ1n) is 7.41. The Morgan fingerprint density at radius 1 is 1.33 bits per heavy atom. The molecule has 21 heavy (non-hydrogen) atoms. The third kappa shape index (κ3) is 3.15. The summed E-state index contributed by atoms with van der Waals surface area (Å²) in [5.41, 5.74) is 2.88. The summed E-state index contributed by atoms with van der Waals surface area (Å²) in [6.45, 7) is 3.72. The summed E-state index contributed by atoms with van der Waals surface area (Å²) in [6.07, 6.45) is 2.70. The second-order valence-electron chi connectivity index (χ2n) is 5.77. The van der Waals surface area contributed by atoms with E-state index in [4.69, 9.17) is 4.52 Å². The first-order chi connectivity index (χ1) is 10.1. The Kier molecular flexibility index (Phi) is 3.78. The van der Waals surface area contributed by atoms with Crippen LogP contribution >= 0.6 is 0 Å². The van der Waals surface area contributed by atoms with E-state index >= 15 is 0 Å². The van der Waals surface area contributed by atoms with E-state index in [9.17, 15) is 4.79 Å². The normalized spacial score (nSPS) is 15.7. The summed E-state index contributed by atoms with van der Waals surface area (Å²) in [6, 6.07) is 10.3. The van der Waals surface area contributed by atoms with Crippen LogP contribution < -0.4 is 5.32 Å². The molecule has 1 heterocycles. The van der Waals surface area contributed by atoms with Crippen LogP contribution in [0.2, 0.25) is 0 Å². The van der Waals surface area contributed by atoms with Crippen molar-refractivity contribution in [3.8, 4) is 0 Å². The molecule has 1 aromatic heterocycles. The van der Waals surface area contributed by atoms with E-state index in [1.54, 1.807) is 0 Å². The van der Waals surface area contributed by atoms with Gasteiger partial charge in [-0.1, -0.05) is 35.5 Å².